The predicted octanol–water partition coefficient (Wildman–Crippen LogP) is 3.67. The number of hydrogen-bond donors (Lipinski definition) is 3. The highest BCUT2D eigenvalue weighted by Crippen LogP contribution is 2.39. The molecule has 2 heterocycles. The Morgan fingerprint density at radius 1 is 1.18 bits per heavy atom. The minimum Gasteiger partial charge on any atom is -0.485 e. The summed E-state index contributed by atoms with van der Waals surface area (Å²) in [6, 6.07) is 2.84. The number of urea groups is 1. The van der Waals surface area contributed by atoms with Gasteiger partial charge in [-0.2, -0.15) is 0 Å². The van der Waals surface area contributed by atoms with Crippen molar-refractivity contribution >= 4 is 35.1 Å². The first-order valence-electron chi connectivity index (χ1n) is 9.33. The first kappa shape index (κ1) is 25.1. The van der Waals surface area contributed by atoms with Gasteiger partial charge in [0.2, 0.25) is 5.89 Å². The Labute approximate surface area is 199 Å². The van der Waals surface area contributed by atoms with E-state index in [1.165, 1.54) is 25.3 Å². The first-order chi connectivity index (χ1) is 16.1. The van der Waals surface area contributed by atoms with Gasteiger partial charge in [0.15, 0.2) is 0 Å². The van der Waals surface area contributed by atoms with E-state index in [9.17, 15) is 22.8 Å². The van der Waals surface area contributed by atoms with E-state index in [0.717, 1.165) is 6.07 Å². The number of rotatable bonds is 7. The molecular formula is C19H15Cl2F3N6O4. The fraction of sp³-hybridized carbons (Fsp3) is 0.211. The average Bonchev–Trinajstić information content (AvgIpc) is 3.21. The van der Waals surface area contributed by atoms with Crippen LogP contribution in [0.5, 0.6) is 5.75 Å². The smallest absolute Gasteiger partial charge is 0.333 e. The number of benzene rings is 1. The zero-order valence-electron chi connectivity index (χ0n) is 17.2. The van der Waals surface area contributed by atoms with Gasteiger partial charge in [0.05, 0.1) is 17.3 Å². The Kier molecular flexibility index (Phi) is 8.12. The second-order valence-electron chi connectivity index (χ2n) is 6.51. The Morgan fingerprint density at radius 2 is 1.94 bits per heavy atom. The van der Waals surface area contributed by atoms with E-state index in [4.69, 9.17) is 32.4 Å². The molecule has 10 nitrogen and oxygen atoms in total. The molecule has 0 aliphatic carbocycles. The lowest BCUT2D eigenvalue weighted by molar-refractivity contribution is 0.0822. The quantitative estimate of drug-likeness (QED) is 0.406. The lowest BCUT2D eigenvalue weighted by atomic mass is 10.1. The van der Waals surface area contributed by atoms with Gasteiger partial charge in [-0.15, -0.1) is 10.2 Å². The molecule has 0 saturated heterocycles. The molecule has 0 saturated carbocycles. The standard InChI is InChI=1S/C19H15Cl2F3N6O4/c1-8-27-29-18(34-8)17(31)28-30-19(32)26-6-14-13(22)2-9(5-25-14)11-3-10(20)4-12(21)16(11)33-7-15(23)24/h2-5,15H,6-7H2,1H3,(H,28,31)(H2,26,30,32). The maximum atomic E-state index is 14.6. The van der Waals surface area contributed by atoms with Crippen LogP contribution in [-0.4, -0.2) is 40.2 Å². The lowest BCUT2D eigenvalue weighted by Gasteiger charge is -2.14. The summed E-state index contributed by atoms with van der Waals surface area (Å²) in [7, 11) is 0. The van der Waals surface area contributed by atoms with Crippen molar-refractivity contribution in [2.75, 3.05) is 6.61 Å². The minimum absolute atomic E-state index is 0.0382. The molecule has 3 amide bonds. The summed E-state index contributed by atoms with van der Waals surface area (Å²) < 4.78 is 49.7. The Balaban J connectivity index is 1.65. The van der Waals surface area contributed by atoms with Crippen LogP contribution >= 0.6 is 23.2 Å². The van der Waals surface area contributed by atoms with E-state index in [1.54, 1.807) is 0 Å². The van der Waals surface area contributed by atoms with Crippen LogP contribution in [0.3, 0.4) is 0 Å². The number of halogens is 5. The molecule has 1 aromatic carbocycles. The molecule has 3 rings (SSSR count). The molecule has 15 heteroatoms. The fourth-order valence-electron chi connectivity index (χ4n) is 2.57. The molecule has 0 atom stereocenters. The minimum atomic E-state index is -2.75. The van der Waals surface area contributed by atoms with Crippen LogP contribution in [0.15, 0.2) is 28.8 Å². The van der Waals surface area contributed by atoms with Gasteiger partial charge in [-0.05, 0) is 18.2 Å². The van der Waals surface area contributed by atoms with Crippen LogP contribution in [0.2, 0.25) is 10.0 Å². The van der Waals surface area contributed by atoms with Gasteiger partial charge in [0.25, 0.3) is 6.43 Å². The maximum Gasteiger partial charge on any atom is 0.333 e. The number of alkyl halides is 2. The van der Waals surface area contributed by atoms with Crippen molar-refractivity contribution < 1.29 is 31.9 Å². The van der Waals surface area contributed by atoms with Crippen LogP contribution in [0.1, 0.15) is 22.3 Å². The number of aryl methyl sites for hydroxylation is 1. The van der Waals surface area contributed by atoms with Crippen LogP contribution in [0.4, 0.5) is 18.0 Å². The highest BCUT2D eigenvalue weighted by molar-refractivity contribution is 6.36. The number of carbonyl (C=O) groups excluding carboxylic acids is 2. The van der Waals surface area contributed by atoms with Gasteiger partial charge in [-0.3, -0.25) is 15.2 Å². The van der Waals surface area contributed by atoms with Crippen molar-refractivity contribution in [3.05, 3.63) is 57.7 Å². The summed E-state index contributed by atoms with van der Waals surface area (Å²) in [5, 5.41) is 9.37. The lowest BCUT2D eigenvalue weighted by Crippen LogP contribution is -2.46. The normalized spacial score (nSPS) is 10.8. The second kappa shape index (κ2) is 11.0. The van der Waals surface area contributed by atoms with Crippen molar-refractivity contribution in [2.45, 2.75) is 19.9 Å². The third kappa shape index (κ3) is 6.48. The van der Waals surface area contributed by atoms with Gasteiger partial charge in [-0.1, -0.05) is 23.2 Å². The van der Waals surface area contributed by atoms with E-state index >= 15 is 0 Å². The van der Waals surface area contributed by atoms with E-state index in [-0.39, 0.29) is 50.9 Å². The summed E-state index contributed by atoms with van der Waals surface area (Å²) in [5.74, 6) is -1.98. The van der Waals surface area contributed by atoms with Crippen molar-refractivity contribution in [3.63, 3.8) is 0 Å². The molecule has 0 bridgehead atoms. The van der Waals surface area contributed by atoms with E-state index < -0.39 is 30.8 Å². The SMILES string of the molecule is Cc1nnc(C(=O)NNC(=O)NCc2ncc(-c3cc(Cl)cc(Cl)c3OCC(F)F)cc2F)o1. The first-order valence-corrected chi connectivity index (χ1v) is 10.1. The van der Waals surface area contributed by atoms with Gasteiger partial charge >= 0.3 is 17.8 Å². The molecule has 3 aromatic rings. The van der Waals surface area contributed by atoms with Gasteiger partial charge in [-0.25, -0.2) is 23.4 Å². The summed E-state index contributed by atoms with van der Waals surface area (Å²) in [6.45, 7) is 0.206. The van der Waals surface area contributed by atoms with Crippen molar-refractivity contribution in [2.24, 2.45) is 0 Å². The summed E-state index contributed by atoms with van der Waals surface area (Å²) in [4.78, 5) is 27.5. The number of hydrogen-bond acceptors (Lipinski definition) is 7. The number of carbonyl (C=O) groups is 2. The molecule has 3 N–H and O–H groups in total. The number of ether oxygens (including phenoxy) is 1. The molecule has 0 radical (unpaired) electrons. The van der Waals surface area contributed by atoms with Crippen molar-refractivity contribution in [1.29, 1.82) is 0 Å². The molecule has 34 heavy (non-hydrogen) atoms. The monoisotopic (exact) mass is 518 g/mol. The Bertz CT molecular complexity index is 1210. The molecular weight excluding hydrogens is 504 g/mol. The zero-order valence-corrected chi connectivity index (χ0v) is 18.7. The number of aromatic nitrogens is 3. The highest BCUT2D eigenvalue weighted by Gasteiger charge is 2.18. The summed E-state index contributed by atoms with van der Waals surface area (Å²) in [5.41, 5.74) is 4.21. The largest absolute Gasteiger partial charge is 0.485 e. The van der Waals surface area contributed by atoms with Crippen LogP contribution in [-0.2, 0) is 6.54 Å². The zero-order chi connectivity index (χ0) is 24.8. The third-order valence-electron chi connectivity index (χ3n) is 4.02. The molecule has 2 aromatic heterocycles. The summed E-state index contributed by atoms with van der Waals surface area (Å²) in [6.07, 6.45) is -1.52. The highest BCUT2D eigenvalue weighted by atomic mass is 35.5. The van der Waals surface area contributed by atoms with Crippen molar-refractivity contribution in [3.8, 4) is 16.9 Å². The third-order valence-corrected chi connectivity index (χ3v) is 4.52. The predicted molar refractivity (Wildman–Crippen MR) is 113 cm³/mol. The molecule has 0 fully saturated rings. The van der Waals surface area contributed by atoms with Crippen LogP contribution < -0.4 is 20.9 Å². The average molecular weight is 519 g/mol. The van der Waals surface area contributed by atoms with E-state index in [2.05, 4.69) is 20.5 Å². The Hall–Kier alpha value is -3.58. The number of hydrazine groups is 1. The summed E-state index contributed by atoms with van der Waals surface area (Å²) >= 11 is 12.0. The number of pyridine rings is 1. The molecule has 0 spiro atoms. The van der Waals surface area contributed by atoms with Gasteiger partial charge in [0, 0.05) is 29.3 Å². The molecule has 180 valence electrons. The molecule has 0 aliphatic rings. The van der Waals surface area contributed by atoms with Gasteiger partial charge < -0.3 is 14.5 Å². The van der Waals surface area contributed by atoms with Crippen LogP contribution in [0, 0.1) is 12.7 Å². The van der Waals surface area contributed by atoms with E-state index in [1.807, 2.05) is 10.9 Å². The van der Waals surface area contributed by atoms with Crippen molar-refractivity contribution in [1.82, 2.24) is 31.3 Å². The topological polar surface area (TPSA) is 131 Å². The second-order valence-corrected chi connectivity index (χ2v) is 7.35. The van der Waals surface area contributed by atoms with Crippen LogP contribution in [0.25, 0.3) is 11.1 Å². The number of amides is 3. The van der Waals surface area contributed by atoms with Gasteiger partial charge in [0.1, 0.15) is 18.2 Å². The maximum absolute atomic E-state index is 14.6. The molecule has 0 aliphatic heterocycles. The Morgan fingerprint density at radius 3 is 2.59 bits per heavy atom. The molecule has 0 unspecified atom stereocenters. The van der Waals surface area contributed by atoms with E-state index in [0.29, 0.717) is 0 Å². The number of nitrogens with one attached hydrogen (secondary N) is 3. The fourth-order valence-corrected chi connectivity index (χ4v) is 3.12. The number of nitrogens with zero attached hydrogens (tertiary/aromatic N) is 3.